The van der Waals surface area contributed by atoms with Gasteiger partial charge in [0.15, 0.2) is 0 Å². The molecule has 0 heterocycles. The van der Waals surface area contributed by atoms with Gasteiger partial charge in [0.05, 0.1) is 23.3 Å². The van der Waals surface area contributed by atoms with Crippen LogP contribution < -0.4 is 0 Å². The molecule has 0 spiro atoms. The van der Waals surface area contributed by atoms with Gasteiger partial charge in [-0.05, 0) is 89.8 Å². The zero-order valence-electron chi connectivity index (χ0n) is 23.2. The summed E-state index contributed by atoms with van der Waals surface area (Å²) in [5.41, 5.74) is -0.275. The van der Waals surface area contributed by atoms with E-state index in [4.69, 9.17) is 10.2 Å². The summed E-state index contributed by atoms with van der Waals surface area (Å²) in [6.07, 6.45) is 0.958. The van der Waals surface area contributed by atoms with Crippen LogP contribution >= 0.6 is 82.5 Å². The molecule has 0 saturated heterocycles. The summed E-state index contributed by atoms with van der Waals surface area (Å²) in [5, 5.41) is 17.8. The van der Waals surface area contributed by atoms with Crippen LogP contribution in [0.5, 0.6) is 0 Å². The normalized spacial score (nSPS) is 15.6. The molecule has 0 bridgehead atoms. The van der Waals surface area contributed by atoms with E-state index < -0.39 is 29.4 Å². The molecule has 4 rings (SSSR count). The van der Waals surface area contributed by atoms with Crippen LogP contribution in [-0.4, -0.2) is 21.1 Å². The number of hydrogen-bond donors (Lipinski definition) is 2. The molecule has 1 fully saturated rings. The number of aromatic carboxylic acids is 1. The molecule has 14 heteroatoms. The van der Waals surface area contributed by atoms with Gasteiger partial charge in [-0.25, -0.2) is 4.79 Å². The molecule has 1 saturated carbocycles. The summed E-state index contributed by atoms with van der Waals surface area (Å²) < 4.78 is 78.2. The molecule has 0 aliphatic heterocycles. The van der Waals surface area contributed by atoms with E-state index in [1.165, 1.54) is 12.1 Å². The standard InChI is InChI=1S/C14H13F3O2.C14H17F3O.CH3I.3HI.V/c15-14(16,17)12-8-10(13(18)19)6-7-11(12)9-4-2-1-3-5-9;15-14(16,17)13-8-10(9-18)6-7-12(13)11-4-2-1-3-5-11;1-2;;;;/h4,6-8H,1-3,5H2,(H,18,19);6-8,11,18H,1-5,9H2;1H3;3*1H;/q;;;;;;+3/p-3. The third kappa shape index (κ3) is 15.0. The van der Waals surface area contributed by atoms with Gasteiger partial charge in [-0.2, -0.15) is 26.3 Å². The quantitative estimate of drug-likeness (QED) is 0.182. The average molecular weight is 1100 g/mol. The minimum atomic E-state index is -4.54. The van der Waals surface area contributed by atoms with E-state index in [0.717, 1.165) is 57.4 Å². The maximum atomic E-state index is 13.0. The second-order valence-corrected chi connectivity index (χ2v) is 45.0. The fraction of sp³-hybridized carbons (Fsp3) is 0.483. The fourth-order valence-electron chi connectivity index (χ4n) is 4.99. The molecule has 2 aromatic rings. The topological polar surface area (TPSA) is 57.5 Å². The number of allylic oxidation sites excluding steroid dienone is 2. The number of carboxylic acids is 1. The summed E-state index contributed by atoms with van der Waals surface area (Å²) in [4.78, 5) is 12.5. The number of benzene rings is 2. The van der Waals surface area contributed by atoms with Crippen LogP contribution in [0.3, 0.4) is 0 Å². The predicted octanol–water partition coefficient (Wildman–Crippen LogP) is 12.3. The van der Waals surface area contributed by atoms with Gasteiger partial charge < -0.3 is 10.2 Å². The Morgan fingerprint density at radius 3 is 1.91 bits per heavy atom. The first-order valence-corrected chi connectivity index (χ1v) is 28.9. The number of hydrogen-bond acceptors (Lipinski definition) is 2. The Kier molecular flexibility index (Phi) is 20.2. The zero-order chi connectivity index (χ0) is 32.8. The van der Waals surface area contributed by atoms with Gasteiger partial charge in [-0.3, -0.25) is 0 Å². The van der Waals surface area contributed by atoms with Crippen LogP contribution in [0.15, 0.2) is 42.5 Å². The molecule has 0 aromatic heterocycles. The van der Waals surface area contributed by atoms with Gasteiger partial charge in [0.2, 0.25) is 0 Å². The number of carboxylic acid groups (broad SMARTS) is 1. The molecule has 2 aliphatic carbocycles. The van der Waals surface area contributed by atoms with E-state index in [2.05, 4.69) is 82.5 Å². The van der Waals surface area contributed by atoms with Crippen molar-refractivity contribution in [2.45, 2.75) is 82.7 Å². The summed E-state index contributed by atoms with van der Waals surface area (Å²) in [7, 11) is 0. The van der Waals surface area contributed by atoms with Gasteiger partial charge in [0, 0.05) is 0 Å². The van der Waals surface area contributed by atoms with Crippen LogP contribution in [0.4, 0.5) is 26.3 Å². The van der Waals surface area contributed by atoms with E-state index in [0.29, 0.717) is 29.2 Å². The maximum absolute atomic E-state index is 13.0. The molecule has 2 aromatic carbocycles. The Morgan fingerprint density at radius 1 is 0.860 bits per heavy atom. The monoisotopic (exact) mass is 1100 g/mol. The molecule has 2 N–H and O–H groups in total. The number of carbonyl (C=O) groups is 1. The van der Waals surface area contributed by atoms with Crippen LogP contribution in [0.2, 0.25) is 0 Å². The van der Waals surface area contributed by atoms with Crippen molar-refractivity contribution in [1.29, 1.82) is 0 Å². The van der Waals surface area contributed by atoms with E-state index in [9.17, 15) is 31.1 Å². The van der Waals surface area contributed by atoms with Gasteiger partial charge in [0.1, 0.15) is 0 Å². The molecule has 3 nitrogen and oxygen atoms in total. The van der Waals surface area contributed by atoms with E-state index in [1.54, 1.807) is 12.1 Å². The van der Waals surface area contributed by atoms with E-state index >= 15 is 0 Å². The van der Waals surface area contributed by atoms with Crippen LogP contribution in [0.25, 0.3) is 5.57 Å². The Hall–Kier alpha value is 0.694. The summed E-state index contributed by atoms with van der Waals surface area (Å²) in [5.74, 6) is -1.34. The molecule has 2 aliphatic rings. The zero-order valence-corrected chi connectivity index (χ0v) is 33.2. The molecule has 43 heavy (non-hydrogen) atoms. The SMILES string of the molecule is CI.O=C(O)c1ccc(C2=CCCCC2)c(C(F)(F)F)c1.OCc1ccc(C2CCCCC2)c(C(F)(F)F)c1.[I][V]([I])[I]. The van der Waals surface area contributed by atoms with Crippen molar-refractivity contribution in [3.8, 4) is 0 Å². The molecule has 242 valence electrons. The average Bonchev–Trinajstić information content (AvgIpc) is 2.97. The predicted molar refractivity (Wildman–Crippen MR) is 190 cm³/mol. The Bertz CT molecular complexity index is 1180. The molecule has 0 amide bonds. The summed E-state index contributed by atoms with van der Waals surface area (Å²) in [6, 6.07) is 7.44. The van der Waals surface area contributed by atoms with Crippen molar-refractivity contribution in [2.24, 2.45) is 0 Å². The van der Waals surface area contributed by atoms with Crippen molar-refractivity contribution in [3.63, 3.8) is 0 Å². The van der Waals surface area contributed by atoms with E-state index in [1.807, 2.05) is 11.0 Å². The summed E-state index contributed by atoms with van der Waals surface area (Å²) >= 11 is 9.54. The molecule has 0 unspecified atom stereocenters. The molecular weight excluding hydrogens is 1070 g/mol. The minimum absolute atomic E-state index is 0.0168. The number of alkyl halides is 7. The van der Waals surface area contributed by atoms with Crippen LogP contribution in [0, 0.1) is 0 Å². The van der Waals surface area contributed by atoms with Crippen molar-refractivity contribution in [1.82, 2.24) is 0 Å². The Morgan fingerprint density at radius 2 is 1.44 bits per heavy atom. The number of rotatable bonds is 4. The van der Waals surface area contributed by atoms with Crippen LogP contribution in [0.1, 0.15) is 102 Å². The van der Waals surface area contributed by atoms with E-state index in [-0.39, 0.29) is 28.6 Å². The van der Waals surface area contributed by atoms with Crippen molar-refractivity contribution in [3.05, 3.63) is 75.9 Å². The summed E-state index contributed by atoms with van der Waals surface area (Å²) in [6.45, 7) is -0.353. The number of aliphatic hydroxyl groups is 1. The van der Waals surface area contributed by atoms with Crippen LogP contribution in [-0.2, 0) is 23.9 Å². The number of aliphatic hydroxyl groups excluding tert-OH is 1. The van der Waals surface area contributed by atoms with Gasteiger partial charge in [-0.1, -0.05) is 66.1 Å². The van der Waals surface area contributed by atoms with Crippen molar-refractivity contribution in [2.75, 3.05) is 4.93 Å². The van der Waals surface area contributed by atoms with Crippen molar-refractivity contribution >= 4 is 94.1 Å². The number of halogens is 10. The van der Waals surface area contributed by atoms with Gasteiger partial charge in [-0.15, -0.1) is 0 Å². The molecule has 0 atom stereocenters. The van der Waals surface area contributed by atoms with Crippen molar-refractivity contribution < 1.29 is 46.3 Å². The molecule has 0 radical (unpaired) electrons. The van der Waals surface area contributed by atoms with Gasteiger partial charge >= 0.3 is 83.2 Å². The Labute approximate surface area is 300 Å². The molecular formula is C29H33F6I4O3V. The Balaban J connectivity index is 0.000000364. The first-order valence-electron chi connectivity index (χ1n) is 13.2. The fourth-order valence-corrected chi connectivity index (χ4v) is 4.99. The van der Waals surface area contributed by atoms with Gasteiger partial charge in [0.25, 0.3) is 0 Å². The third-order valence-corrected chi connectivity index (χ3v) is 6.86. The second kappa shape index (κ2) is 20.8. The first kappa shape index (κ1) is 41.7. The second-order valence-electron chi connectivity index (χ2n) is 9.64. The first-order chi connectivity index (χ1) is 20.1. The third-order valence-electron chi connectivity index (χ3n) is 6.86.